The molecular formula is C57H47N19O2. The molecule has 0 saturated carbocycles. The molecule has 78 heavy (non-hydrogen) atoms. The average Bonchev–Trinajstić information content (AvgIpc) is 4.21. The van der Waals surface area contributed by atoms with E-state index in [9.17, 15) is 20.1 Å². The maximum atomic E-state index is 13.2. The highest BCUT2D eigenvalue weighted by Gasteiger charge is 2.27. The second-order valence-corrected chi connectivity index (χ2v) is 18.9. The van der Waals surface area contributed by atoms with Gasteiger partial charge in [-0.25, -0.2) is 44.9 Å². The second kappa shape index (κ2) is 20.8. The van der Waals surface area contributed by atoms with Gasteiger partial charge in [-0.2, -0.15) is 10.5 Å². The number of carbonyl (C=O) groups excluding carboxylic acids is 2. The predicted octanol–water partition coefficient (Wildman–Crippen LogP) is 5.95. The van der Waals surface area contributed by atoms with Crippen LogP contribution in [0.5, 0.6) is 0 Å². The molecule has 0 aliphatic carbocycles. The van der Waals surface area contributed by atoms with Crippen molar-refractivity contribution in [2.75, 3.05) is 63.8 Å². The number of nitrogens with two attached hydrogens (primary N) is 2. The van der Waals surface area contributed by atoms with Crippen molar-refractivity contribution in [3.63, 3.8) is 0 Å². The molecule has 2 aliphatic heterocycles. The lowest BCUT2D eigenvalue weighted by Gasteiger charge is -2.34. The molecule has 0 atom stereocenters. The van der Waals surface area contributed by atoms with Crippen molar-refractivity contribution in [1.82, 2.24) is 73.6 Å². The second-order valence-electron chi connectivity index (χ2n) is 18.9. The molecule has 8 aromatic heterocycles. The molecule has 4 N–H and O–H groups in total. The molecule has 21 nitrogen and oxygen atoms in total. The number of hydrogen-bond donors (Lipinski definition) is 2. The Morgan fingerprint density at radius 2 is 1.05 bits per heavy atom. The van der Waals surface area contributed by atoms with Gasteiger partial charge in [0.1, 0.15) is 40.5 Å². The number of rotatable bonds is 11. The number of nitriles is 2. The molecule has 2 amide bonds. The van der Waals surface area contributed by atoms with Gasteiger partial charge in [0.25, 0.3) is 11.8 Å². The number of pyridine rings is 5. The number of hydrogen-bond acceptors (Lipinski definition) is 17. The summed E-state index contributed by atoms with van der Waals surface area (Å²) in [5.41, 5.74) is 22.9. The minimum absolute atomic E-state index is 0.0299. The fourth-order valence-electron chi connectivity index (χ4n) is 10.0. The molecule has 0 bridgehead atoms. The Labute approximate surface area is 446 Å². The Morgan fingerprint density at radius 1 is 0.487 bits per heavy atom. The molecule has 0 unspecified atom stereocenters. The quantitative estimate of drug-likeness (QED) is 0.151. The highest BCUT2D eigenvalue weighted by atomic mass is 16.2. The molecule has 2 saturated heterocycles. The van der Waals surface area contributed by atoms with Gasteiger partial charge in [-0.05, 0) is 102 Å². The highest BCUT2D eigenvalue weighted by molar-refractivity contribution is 5.96. The van der Waals surface area contributed by atoms with E-state index in [4.69, 9.17) is 36.4 Å². The van der Waals surface area contributed by atoms with Gasteiger partial charge in [-0.1, -0.05) is 24.3 Å². The van der Waals surface area contributed by atoms with E-state index < -0.39 is 0 Å². The Bertz CT molecular complexity index is 4010. The third kappa shape index (κ3) is 9.42. The van der Waals surface area contributed by atoms with E-state index in [0.29, 0.717) is 133 Å². The van der Waals surface area contributed by atoms with E-state index in [1.165, 1.54) is 18.5 Å². The van der Waals surface area contributed by atoms with E-state index in [1.54, 1.807) is 34.3 Å². The van der Waals surface area contributed by atoms with Gasteiger partial charge in [0, 0.05) is 102 Å². The number of amides is 2. The normalized spacial score (nSPS) is 14.1. The maximum Gasteiger partial charge on any atom is 0.272 e. The van der Waals surface area contributed by atoms with Crippen molar-refractivity contribution < 1.29 is 9.59 Å². The van der Waals surface area contributed by atoms with Gasteiger partial charge in [0.05, 0.1) is 28.1 Å². The first kappa shape index (κ1) is 48.6. The molecule has 21 heteroatoms. The zero-order valence-corrected chi connectivity index (χ0v) is 41.9. The first-order valence-corrected chi connectivity index (χ1v) is 25.2. The van der Waals surface area contributed by atoms with Gasteiger partial charge in [-0.3, -0.25) is 28.5 Å². The average molecular weight is 1030 g/mol. The van der Waals surface area contributed by atoms with Crippen molar-refractivity contribution in [2.24, 2.45) is 0 Å². The highest BCUT2D eigenvalue weighted by Crippen LogP contribution is 2.35. The van der Waals surface area contributed by atoms with Crippen LogP contribution >= 0.6 is 0 Å². The number of fused-ring (bicyclic) bond motifs is 2. The molecule has 0 radical (unpaired) electrons. The van der Waals surface area contributed by atoms with Crippen molar-refractivity contribution in [2.45, 2.75) is 13.1 Å². The molecule has 10 aromatic rings. The van der Waals surface area contributed by atoms with E-state index in [0.717, 1.165) is 22.5 Å². The molecule has 382 valence electrons. The van der Waals surface area contributed by atoms with Gasteiger partial charge in [0.2, 0.25) is 5.82 Å². The number of aromatic nitrogens is 11. The molecule has 10 heterocycles. The fourth-order valence-corrected chi connectivity index (χ4v) is 10.0. The van der Waals surface area contributed by atoms with Crippen molar-refractivity contribution in [1.29, 1.82) is 10.5 Å². The van der Waals surface area contributed by atoms with Crippen LogP contribution in [-0.4, -0.2) is 138 Å². The van der Waals surface area contributed by atoms with Crippen LogP contribution in [0.25, 0.3) is 67.9 Å². The van der Waals surface area contributed by atoms with Gasteiger partial charge in [-0.15, -0.1) is 0 Å². The topological polar surface area (TPSA) is 273 Å². The minimum atomic E-state index is -0.213. The zero-order chi connectivity index (χ0) is 53.3. The summed E-state index contributed by atoms with van der Waals surface area (Å²) in [5.74, 6) is 1.33. The summed E-state index contributed by atoms with van der Waals surface area (Å²) in [7, 11) is 0. The minimum Gasteiger partial charge on any atom is -0.383 e. The number of anilines is 2. The molecule has 2 aliphatic rings. The summed E-state index contributed by atoms with van der Waals surface area (Å²) < 4.78 is 3.97. The van der Waals surface area contributed by atoms with Crippen LogP contribution in [0.15, 0.2) is 140 Å². The summed E-state index contributed by atoms with van der Waals surface area (Å²) >= 11 is 0. The standard InChI is InChI=1S/C57H47N19O2/c58-32-48-40(4-1-20-62-48)56(77)73-28-24-71(25-29-73)34-36-7-11-38(12-8-36)75-53(69-45-6-3-22-65-54(45)75)42-15-16-43(67-51(42)61)44-17-18-46-55(68-44)76(52(70-46)41-5-2-21-64-50(41)60)39-13-9-37(10-14-39)35-72-26-30-74(31-27-72)57(78)47-19-23-63-49(33-59)66-47/h1-23H,24-31,34-35H2,(H2,60,64)(H2,61,67). The largest absolute Gasteiger partial charge is 0.383 e. The van der Waals surface area contributed by atoms with Crippen LogP contribution in [0.2, 0.25) is 0 Å². The van der Waals surface area contributed by atoms with Crippen LogP contribution in [0.1, 0.15) is 43.5 Å². The summed E-state index contributed by atoms with van der Waals surface area (Å²) in [6.07, 6.45) is 6.34. The van der Waals surface area contributed by atoms with E-state index in [2.05, 4.69) is 54.0 Å². The molecule has 2 aromatic carbocycles. The van der Waals surface area contributed by atoms with Gasteiger partial charge < -0.3 is 21.3 Å². The zero-order valence-electron chi connectivity index (χ0n) is 41.9. The SMILES string of the molecule is N#Cc1nccc(C(=O)N2CCN(Cc3ccc(-n4c(-c5cccnc5N)nc5ccc(-c6ccc(-c7nc8cccnc8n7-c7ccc(CN8CCN(C(=O)c9cccnc9C#N)CC8)cc7)c(N)n6)nc54)cc3)CC2)n1. The first-order valence-electron chi connectivity index (χ1n) is 25.2. The summed E-state index contributed by atoms with van der Waals surface area (Å²) in [6.45, 7) is 6.25. The van der Waals surface area contributed by atoms with Gasteiger partial charge in [0.15, 0.2) is 28.6 Å². The molecule has 12 rings (SSSR count). The number of benzene rings is 2. The van der Waals surface area contributed by atoms with Crippen LogP contribution in [0.3, 0.4) is 0 Å². The number of carbonyl (C=O) groups is 2. The Morgan fingerprint density at radius 3 is 1.69 bits per heavy atom. The first-order chi connectivity index (χ1) is 38.2. The van der Waals surface area contributed by atoms with E-state index in [1.807, 2.05) is 94.1 Å². The smallest absolute Gasteiger partial charge is 0.272 e. The lowest BCUT2D eigenvalue weighted by molar-refractivity contribution is 0.0618. The predicted molar refractivity (Wildman–Crippen MR) is 290 cm³/mol. The van der Waals surface area contributed by atoms with Crippen molar-refractivity contribution in [3.05, 3.63) is 174 Å². The van der Waals surface area contributed by atoms with E-state index in [-0.39, 0.29) is 34.8 Å². The number of piperazine rings is 2. The van der Waals surface area contributed by atoms with Crippen LogP contribution < -0.4 is 11.5 Å². The fraction of sp³-hybridized carbons (Fsp3) is 0.175. The third-order valence-corrected chi connectivity index (χ3v) is 14.1. The molecular weight excluding hydrogens is 983 g/mol. The Hall–Kier alpha value is -10.3. The summed E-state index contributed by atoms with van der Waals surface area (Å²) in [6, 6.07) is 40.4. The molecule has 2 fully saturated rings. The van der Waals surface area contributed by atoms with Crippen molar-refractivity contribution >= 4 is 45.8 Å². The molecule has 0 spiro atoms. The van der Waals surface area contributed by atoms with Crippen LogP contribution in [0.4, 0.5) is 11.6 Å². The lowest BCUT2D eigenvalue weighted by atomic mass is 10.1. The monoisotopic (exact) mass is 1030 g/mol. The number of nitrogen functional groups attached to an aromatic ring is 2. The lowest BCUT2D eigenvalue weighted by Crippen LogP contribution is -2.48. The summed E-state index contributed by atoms with van der Waals surface area (Å²) in [5, 5.41) is 18.7. The van der Waals surface area contributed by atoms with Crippen LogP contribution in [0, 0.1) is 22.7 Å². The summed E-state index contributed by atoms with van der Waals surface area (Å²) in [4.78, 5) is 75.9. The third-order valence-electron chi connectivity index (χ3n) is 14.1. The Kier molecular flexibility index (Phi) is 12.9. The van der Waals surface area contributed by atoms with Crippen LogP contribution in [-0.2, 0) is 13.1 Å². The maximum absolute atomic E-state index is 13.2. The van der Waals surface area contributed by atoms with Gasteiger partial charge >= 0.3 is 0 Å². The van der Waals surface area contributed by atoms with E-state index >= 15 is 0 Å². The number of nitrogens with zero attached hydrogens (tertiary/aromatic N) is 17. The number of imidazole rings is 2. The van der Waals surface area contributed by atoms with Crippen molar-refractivity contribution in [3.8, 4) is 57.7 Å². The Balaban J connectivity index is 0.782.